The molecule has 0 amide bonds. The van der Waals surface area contributed by atoms with E-state index in [0.29, 0.717) is 18.2 Å². The molecule has 6 heteroatoms. The number of aromatic nitrogens is 2. The standard InChI is InChI=1S/C22H30FN3O2/c1-16-14-24-20(28-21(2,3)4)19(25-16)26-12-10-22(5,11-13-26)15-27-18-9-7-6-8-17(18)23/h6-9,14H,10-13,15H2,1-5H3. The van der Waals surface area contributed by atoms with Crippen LogP contribution < -0.4 is 14.4 Å². The molecule has 152 valence electrons. The average molecular weight is 387 g/mol. The Morgan fingerprint density at radius 2 is 1.86 bits per heavy atom. The van der Waals surface area contributed by atoms with Crippen molar-refractivity contribution in [1.82, 2.24) is 9.97 Å². The summed E-state index contributed by atoms with van der Waals surface area (Å²) in [6, 6.07) is 6.55. The number of anilines is 1. The molecule has 2 aromatic rings. The molecule has 28 heavy (non-hydrogen) atoms. The van der Waals surface area contributed by atoms with E-state index in [0.717, 1.165) is 37.4 Å². The maximum absolute atomic E-state index is 13.8. The summed E-state index contributed by atoms with van der Waals surface area (Å²) >= 11 is 0. The number of hydrogen-bond acceptors (Lipinski definition) is 5. The van der Waals surface area contributed by atoms with Crippen molar-refractivity contribution in [2.75, 3.05) is 24.6 Å². The molecule has 2 heterocycles. The molecule has 1 aliphatic heterocycles. The summed E-state index contributed by atoms with van der Waals surface area (Å²) < 4.78 is 25.6. The van der Waals surface area contributed by atoms with E-state index in [1.54, 1.807) is 24.4 Å². The number of rotatable bonds is 5. The molecule has 0 N–H and O–H groups in total. The second-order valence-corrected chi connectivity index (χ2v) is 8.87. The number of para-hydroxylation sites is 1. The minimum atomic E-state index is -0.337. The molecule has 3 rings (SSSR count). The fourth-order valence-electron chi connectivity index (χ4n) is 3.24. The molecule has 0 spiro atoms. The predicted molar refractivity (Wildman–Crippen MR) is 109 cm³/mol. The molecule has 0 bridgehead atoms. The molecule has 0 atom stereocenters. The van der Waals surface area contributed by atoms with Crippen LogP contribution >= 0.6 is 0 Å². The zero-order valence-electron chi connectivity index (χ0n) is 17.5. The number of aryl methyl sites for hydroxylation is 1. The Bertz CT molecular complexity index is 812. The molecule has 5 nitrogen and oxygen atoms in total. The number of piperidine rings is 1. The molecule has 0 saturated carbocycles. The number of nitrogens with zero attached hydrogens (tertiary/aromatic N) is 3. The number of halogens is 1. The molecular weight excluding hydrogens is 357 g/mol. The summed E-state index contributed by atoms with van der Waals surface area (Å²) in [7, 11) is 0. The molecule has 1 aromatic carbocycles. The predicted octanol–water partition coefficient (Wildman–Crippen LogP) is 4.79. The van der Waals surface area contributed by atoms with Crippen LogP contribution in [0.2, 0.25) is 0 Å². The summed E-state index contributed by atoms with van der Waals surface area (Å²) in [5.74, 6) is 1.37. The van der Waals surface area contributed by atoms with Gasteiger partial charge in [0.1, 0.15) is 5.60 Å². The average Bonchev–Trinajstić information content (AvgIpc) is 2.62. The zero-order chi connectivity index (χ0) is 20.4. The summed E-state index contributed by atoms with van der Waals surface area (Å²) in [5, 5.41) is 0. The Morgan fingerprint density at radius 3 is 2.50 bits per heavy atom. The minimum absolute atomic E-state index is 0.0128. The van der Waals surface area contributed by atoms with E-state index >= 15 is 0 Å². The highest BCUT2D eigenvalue weighted by Gasteiger charge is 2.33. The van der Waals surface area contributed by atoms with E-state index in [1.807, 2.05) is 27.7 Å². The van der Waals surface area contributed by atoms with E-state index in [4.69, 9.17) is 14.5 Å². The first kappa shape index (κ1) is 20.4. The lowest BCUT2D eigenvalue weighted by Crippen LogP contribution is -2.42. The Balaban J connectivity index is 1.66. The number of hydrogen-bond donors (Lipinski definition) is 0. The van der Waals surface area contributed by atoms with Gasteiger partial charge in [-0.05, 0) is 52.7 Å². The van der Waals surface area contributed by atoms with Gasteiger partial charge in [0.25, 0.3) is 5.88 Å². The molecule has 1 aromatic heterocycles. The van der Waals surface area contributed by atoms with Crippen LogP contribution in [0.15, 0.2) is 30.5 Å². The monoisotopic (exact) mass is 387 g/mol. The van der Waals surface area contributed by atoms with Crippen LogP contribution in [0.25, 0.3) is 0 Å². The van der Waals surface area contributed by atoms with E-state index in [2.05, 4.69) is 16.8 Å². The third kappa shape index (κ3) is 5.12. The molecule has 0 aliphatic carbocycles. The molecule has 0 unspecified atom stereocenters. The highest BCUT2D eigenvalue weighted by Crippen LogP contribution is 2.36. The van der Waals surface area contributed by atoms with Crippen molar-refractivity contribution in [3.63, 3.8) is 0 Å². The van der Waals surface area contributed by atoms with Gasteiger partial charge < -0.3 is 14.4 Å². The van der Waals surface area contributed by atoms with Gasteiger partial charge in [-0.25, -0.2) is 14.4 Å². The SMILES string of the molecule is Cc1cnc(OC(C)(C)C)c(N2CCC(C)(COc3ccccc3F)CC2)n1. The summed E-state index contributed by atoms with van der Waals surface area (Å²) in [4.78, 5) is 11.4. The summed E-state index contributed by atoms with van der Waals surface area (Å²) in [6.07, 6.45) is 3.58. The lowest BCUT2D eigenvalue weighted by molar-refractivity contribution is 0.119. The van der Waals surface area contributed by atoms with Gasteiger partial charge in [-0.3, -0.25) is 0 Å². The van der Waals surface area contributed by atoms with E-state index in [1.165, 1.54) is 6.07 Å². The first-order valence-electron chi connectivity index (χ1n) is 9.80. The van der Waals surface area contributed by atoms with E-state index in [-0.39, 0.29) is 16.8 Å². The number of ether oxygens (including phenoxy) is 2. The van der Waals surface area contributed by atoms with Crippen molar-refractivity contribution in [3.8, 4) is 11.6 Å². The minimum Gasteiger partial charge on any atom is -0.490 e. The van der Waals surface area contributed by atoms with Crippen molar-refractivity contribution < 1.29 is 13.9 Å². The van der Waals surface area contributed by atoms with E-state index in [9.17, 15) is 4.39 Å². The van der Waals surface area contributed by atoms with Crippen LogP contribution in [0.4, 0.5) is 10.2 Å². The third-order valence-corrected chi connectivity index (χ3v) is 4.93. The van der Waals surface area contributed by atoms with Gasteiger partial charge >= 0.3 is 0 Å². The third-order valence-electron chi connectivity index (χ3n) is 4.93. The quantitative estimate of drug-likeness (QED) is 0.738. The van der Waals surface area contributed by atoms with Crippen LogP contribution in [0.5, 0.6) is 11.6 Å². The molecular formula is C22H30FN3O2. The lowest BCUT2D eigenvalue weighted by atomic mass is 9.81. The van der Waals surface area contributed by atoms with E-state index < -0.39 is 0 Å². The van der Waals surface area contributed by atoms with Gasteiger partial charge in [-0.1, -0.05) is 19.1 Å². The first-order valence-corrected chi connectivity index (χ1v) is 9.80. The second-order valence-electron chi connectivity index (χ2n) is 8.87. The topological polar surface area (TPSA) is 47.5 Å². The summed E-state index contributed by atoms with van der Waals surface area (Å²) in [5.41, 5.74) is 0.519. The fraction of sp³-hybridized carbons (Fsp3) is 0.545. The largest absolute Gasteiger partial charge is 0.490 e. The Hall–Kier alpha value is -2.37. The van der Waals surface area contributed by atoms with Crippen molar-refractivity contribution in [1.29, 1.82) is 0 Å². The fourth-order valence-corrected chi connectivity index (χ4v) is 3.24. The van der Waals surface area contributed by atoms with Crippen LogP contribution in [0.3, 0.4) is 0 Å². The lowest BCUT2D eigenvalue weighted by Gasteiger charge is -2.40. The Morgan fingerprint density at radius 1 is 1.18 bits per heavy atom. The normalized spacial score (nSPS) is 16.7. The smallest absolute Gasteiger partial charge is 0.258 e. The first-order chi connectivity index (χ1) is 13.2. The van der Waals surface area contributed by atoms with Crippen molar-refractivity contribution >= 4 is 5.82 Å². The Kier molecular flexibility index (Phi) is 5.77. The van der Waals surface area contributed by atoms with Gasteiger partial charge in [0.15, 0.2) is 17.4 Å². The Labute approximate surface area is 166 Å². The van der Waals surface area contributed by atoms with Gasteiger partial charge in [0.05, 0.1) is 18.5 Å². The van der Waals surface area contributed by atoms with Crippen LogP contribution in [-0.4, -0.2) is 35.3 Å². The zero-order valence-corrected chi connectivity index (χ0v) is 17.5. The number of benzene rings is 1. The maximum atomic E-state index is 13.8. The highest BCUT2D eigenvalue weighted by molar-refractivity contribution is 5.49. The van der Waals surface area contributed by atoms with Crippen LogP contribution in [0, 0.1) is 18.2 Å². The van der Waals surface area contributed by atoms with Gasteiger partial charge in [-0.15, -0.1) is 0 Å². The van der Waals surface area contributed by atoms with Crippen LogP contribution in [-0.2, 0) is 0 Å². The molecule has 0 radical (unpaired) electrons. The van der Waals surface area contributed by atoms with Gasteiger partial charge in [0, 0.05) is 18.5 Å². The highest BCUT2D eigenvalue weighted by atomic mass is 19.1. The molecule has 1 aliphatic rings. The van der Waals surface area contributed by atoms with Crippen molar-refractivity contribution in [3.05, 3.63) is 42.0 Å². The summed E-state index contributed by atoms with van der Waals surface area (Å²) in [6.45, 7) is 12.3. The van der Waals surface area contributed by atoms with Crippen LogP contribution in [0.1, 0.15) is 46.2 Å². The molecule has 1 fully saturated rings. The maximum Gasteiger partial charge on any atom is 0.258 e. The van der Waals surface area contributed by atoms with Crippen molar-refractivity contribution in [2.45, 2.75) is 53.1 Å². The molecule has 1 saturated heterocycles. The van der Waals surface area contributed by atoms with Crippen molar-refractivity contribution in [2.24, 2.45) is 5.41 Å². The van der Waals surface area contributed by atoms with Gasteiger partial charge in [-0.2, -0.15) is 0 Å². The second kappa shape index (κ2) is 7.94. The van der Waals surface area contributed by atoms with Gasteiger partial charge in [0.2, 0.25) is 0 Å².